The number of hydrogen-bond donors (Lipinski definition) is 0. The second kappa shape index (κ2) is 5.66. The Balaban J connectivity index is 3.91. The van der Waals surface area contributed by atoms with Crippen LogP contribution in [0.2, 0.25) is 0 Å². The molecule has 0 aliphatic heterocycles. The molecule has 0 radical (unpaired) electrons. The average Bonchev–Trinajstić information content (AvgIpc) is 2.00. The highest BCUT2D eigenvalue weighted by molar-refractivity contribution is 5.51. The Morgan fingerprint density at radius 1 is 1.64 bits per heavy atom. The molecule has 0 aromatic heterocycles. The van der Waals surface area contributed by atoms with Gasteiger partial charge in [-0.2, -0.15) is 0 Å². The smallest absolute Gasteiger partial charge is 0.120 e. The van der Waals surface area contributed by atoms with E-state index in [0.29, 0.717) is 6.42 Å². The normalized spacial score (nSPS) is 12.8. The fraction of sp³-hybridized carbons (Fsp3) is 0.300. The zero-order chi connectivity index (χ0) is 8.69. The molecule has 1 unspecified atom stereocenters. The molecule has 0 aliphatic carbocycles. The highest BCUT2D eigenvalue weighted by atomic mass is 16.1. The van der Waals surface area contributed by atoms with E-state index in [4.69, 9.17) is 0 Å². The number of carbonyl (C=O) groups is 1. The van der Waals surface area contributed by atoms with E-state index in [9.17, 15) is 4.79 Å². The minimum atomic E-state index is 0.240. The van der Waals surface area contributed by atoms with E-state index < -0.39 is 0 Å². The molecule has 1 nitrogen and oxygen atoms in total. The second-order valence-corrected chi connectivity index (χ2v) is 2.47. The molecule has 0 bridgehead atoms. The van der Waals surface area contributed by atoms with Gasteiger partial charge in [-0.3, -0.25) is 0 Å². The molecular weight excluding hydrogens is 136 g/mol. The van der Waals surface area contributed by atoms with Gasteiger partial charge in [0.2, 0.25) is 0 Å². The molecule has 1 atom stereocenters. The van der Waals surface area contributed by atoms with Crippen molar-refractivity contribution < 1.29 is 4.79 Å². The minimum Gasteiger partial charge on any atom is -0.303 e. The van der Waals surface area contributed by atoms with Gasteiger partial charge in [-0.15, -0.1) is 0 Å². The van der Waals surface area contributed by atoms with Crippen molar-refractivity contribution in [1.29, 1.82) is 0 Å². The molecule has 0 N–H and O–H groups in total. The molecule has 0 aromatic rings. The van der Waals surface area contributed by atoms with Gasteiger partial charge in [0.25, 0.3) is 0 Å². The maximum absolute atomic E-state index is 10.1. The lowest BCUT2D eigenvalue weighted by Gasteiger charge is -2.05. The van der Waals surface area contributed by atoms with Gasteiger partial charge in [0, 0.05) is 6.42 Å². The number of hydrogen-bond acceptors (Lipinski definition) is 1. The van der Waals surface area contributed by atoms with Crippen molar-refractivity contribution >= 4 is 6.29 Å². The highest BCUT2D eigenvalue weighted by Crippen LogP contribution is 2.11. The van der Waals surface area contributed by atoms with Crippen molar-refractivity contribution in [3.63, 3.8) is 0 Å². The van der Waals surface area contributed by atoms with E-state index in [1.54, 1.807) is 6.08 Å². The Hall–Kier alpha value is -1.11. The Kier molecular flexibility index (Phi) is 5.09. The van der Waals surface area contributed by atoms with Crippen molar-refractivity contribution in [3.8, 4) is 0 Å². The number of aldehydes is 1. The fourth-order valence-corrected chi connectivity index (χ4v) is 0.652. The van der Waals surface area contributed by atoms with Crippen molar-refractivity contribution in [3.05, 3.63) is 37.0 Å². The van der Waals surface area contributed by atoms with Crippen molar-refractivity contribution in [1.82, 2.24) is 0 Å². The second-order valence-electron chi connectivity index (χ2n) is 2.47. The van der Waals surface area contributed by atoms with E-state index in [0.717, 1.165) is 11.9 Å². The van der Waals surface area contributed by atoms with E-state index in [2.05, 4.69) is 13.2 Å². The Bertz CT molecular complexity index is 177. The first-order chi connectivity index (χ1) is 5.22. The standard InChI is InChI=1S/C10H14O/c1-4-5-6-9(2)10(3)7-8-11/h4-6,8,10H,1-2,7H2,3H3/b6-5-. The van der Waals surface area contributed by atoms with Crippen molar-refractivity contribution in [2.45, 2.75) is 13.3 Å². The summed E-state index contributed by atoms with van der Waals surface area (Å²) in [5.41, 5.74) is 0.969. The average molecular weight is 150 g/mol. The fourth-order valence-electron chi connectivity index (χ4n) is 0.652. The Labute approximate surface area is 68.1 Å². The zero-order valence-corrected chi connectivity index (χ0v) is 6.92. The van der Waals surface area contributed by atoms with Crippen LogP contribution in [0.25, 0.3) is 0 Å². The van der Waals surface area contributed by atoms with Gasteiger partial charge in [0.1, 0.15) is 6.29 Å². The monoisotopic (exact) mass is 150 g/mol. The van der Waals surface area contributed by atoms with E-state index in [-0.39, 0.29) is 5.92 Å². The van der Waals surface area contributed by atoms with Crippen LogP contribution in [-0.2, 0) is 4.79 Å². The summed E-state index contributed by atoms with van der Waals surface area (Å²) in [6, 6.07) is 0. The number of allylic oxidation sites excluding steroid dienone is 4. The molecule has 0 saturated carbocycles. The molecule has 0 fully saturated rings. The highest BCUT2D eigenvalue weighted by Gasteiger charge is 2.01. The SMILES string of the molecule is C=C/C=C\C(=C)C(C)CC=O. The first-order valence-corrected chi connectivity index (χ1v) is 3.64. The van der Waals surface area contributed by atoms with E-state index in [1.165, 1.54) is 0 Å². The van der Waals surface area contributed by atoms with Gasteiger partial charge in [-0.1, -0.05) is 43.9 Å². The van der Waals surface area contributed by atoms with E-state index >= 15 is 0 Å². The number of rotatable bonds is 5. The third-order valence-corrected chi connectivity index (χ3v) is 1.53. The lowest BCUT2D eigenvalue weighted by molar-refractivity contribution is -0.108. The summed E-state index contributed by atoms with van der Waals surface area (Å²) in [6.07, 6.45) is 6.85. The minimum absolute atomic E-state index is 0.240. The van der Waals surface area contributed by atoms with E-state index in [1.807, 2.05) is 19.1 Å². The quantitative estimate of drug-likeness (QED) is 0.434. The molecule has 0 spiro atoms. The van der Waals surface area contributed by atoms with Crippen LogP contribution in [0.3, 0.4) is 0 Å². The lowest BCUT2D eigenvalue weighted by Crippen LogP contribution is -1.96. The first kappa shape index (κ1) is 9.89. The van der Waals surface area contributed by atoms with Crippen molar-refractivity contribution in [2.24, 2.45) is 5.92 Å². The van der Waals surface area contributed by atoms with Gasteiger partial charge in [0.15, 0.2) is 0 Å². The molecule has 60 valence electrons. The number of carbonyl (C=O) groups excluding carboxylic acids is 1. The zero-order valence-electron chi connectivity index (χ0n) is 6.92. The molecule has 0 aliphatic rings. The van der Waals surface area contributed by atoms with Crippen LogP contribution >= 0.6 is 0 Å². The summed E-state index contributed by atoms with van der Waals surface area (Å²) >= 11 is 0. The van der Waals surface area contributed by atoms with Crippen LogP contribution in [0.4, 0.5) is 0 Å². The van der Waals surface area contributed by atoms with Crippen LogP contribution in [0, 0.1) is 5.92 Å². The summed E-state index contributed by atoms with van der Waals surface area (Å²) in [7, 11) is 0. The topological polar surface area (TPSA) is 17.1 Å². The van der Waals surface area contributed by atoms with Gasteiger partial charge < -0.3 is 4.79 Å². The largest absolute Gasteiger partial charge is 0.303 e. The predicted molar refractivity (Wildman–Crippen MR) is 48.3 cm³/mol. The summed E-state index contributed by atoms with van der Waals surface area (Å²) < 4.78 is 0. The maximum Gasteiger partial charge on any atom is 0.120 e. The summed E-state index contributed by atoms with van der Waals surface area (Å²) in [5, 5.41) is 0. The summed E-state index contributed by atoms with van der Waals surface area (Å²) in [6.45, 7) is 9.33. The van der Waals surface area contributed by atoms with Crippen LogP contribution in [0.5, 0.6) is 0 Å². The molecule has 1 heteroatoms. The molecule has 0 heterocycles. The lowest BCUT2D eigenvalue weighted by atomic mass is 10.00. The molecular formula is C10H14O. The van der Waals surface area contributed by atoms with Gasteiger partial charge in [0.05, 0.1) is 0 Å². The van der Waals surface area contributed by atoms with Crippen LogP contribution in [0.15, 0.2) is 37.0 Å². The molecule has 0 saturated heterocycles. The predicted octanol–water partition coefficient (Wildman–Crippen LogP) is 2.51. The third kappa shape index (κ3) is 4.31. The van der Waals surface area contributed by atoms with Gasteiger partial charge >= 0.3 is 0 Å². The summed E-state index contributed by atoms with van der Waals surface area (Å²) in [5.74, 6) is 0.240. The van der Waals surface area contributed by atoms with Gasteiger partial charge in [-0.25, -0.2) is 0 Å². The first-order valence-electron chi connectivity index (χ1n) is 3.64. The summed E-state index contributed by atoms with van der Waals surface area (Å²) in [4.78, 5) is 10.1. The molecule has 0 amide bonds. The Morgan fingerprint density at radius 3 is 2.73 bits per heavy atom. The third-order valence-electron chi connectivity index (χ3n) is 1.53. The van der Waals surface area contributed by atoms with Crippen LogP contribution < -0.4 is 0 Å². The van der Waals surface area contributed by atoms with Crippen LogP contribution in [-0.4, -0.2) is 6.29 Å². The van der Waals surface area contributed by atoms with Crippen molar-refractivity contribution in [2.75, 3.05) is 0 Å². The van der Waals surface area contributed by atoms with Crippen LogP contribution in [0.1, 0.15) is 13.3 Å². The Morgan fingerprint density at radius 2 is 2.27 bits per heavy atom. The maximum atomic E-state index is 10.1. The van der Waals surface area contributed by atoms with Gasteiger partial charge in [-0.05, 0) is 5.92 Å². The molecule has 0 aromatic carbocycles. The molecule has 0 rings (SSSR count). The molecule has 11 heavy (non-hydrogen) atoms.